The van der Waals surface area contributed by atoms with E-state index in [4.69, 9.17) is 14.8 Å². The SMILES string of the molecule is CC/C=C(\C=C/CC(F)(F)F)c1nc(C(C)CSc2ccc(OCC(=O)O)c(C)c2)c(CCC)s1. The number of thioether (sulfide) groups is 1. The molecule has 0 amide bonds. The first-order chi connectivity index (χ1) is 16.5. The van der Waals surface area contributed by atoms with Gasteiger partial charge in [-0.25, -0.2) is 9.78 Å². The highest BCUT2D eigenvalue weighted by atomic mass is 32.2. The zero-order valence-electron chi connectivity index (χ0n) is 20.4. The van der Waals surface area contributed by atoms with Crippen LogP contribution in [0.4, 0.5) is 13.2 Å². The van der Waals surface area contributed by atoms with Crippen LogP contribution in [0.2, 0.25) is 0 Å². The third-order valence-electron chi connectivity index (χ3n) is 4.99. The highest BCUT2D eigenvalue weighted by Crippen LogP contribution is 2.35. The van der Waals surface area contributed by atoms with Gasteiger partial charge in [0.15, 0.2) is 6.61 Å². The van der Waals surface area contributed by atoms with Crippen LogP contribution in [0, 0.1) is 6.92 Å². The maximum Gasteiger partial charge on any atom is 0.392 e. The molecule has 1 unspecified atom stereocenters. The molecule has 0 aliphatic heterocycles. The van der Waals surface area contributed by atoms with E-state index in [2.05, 4.69) is 13.8 Å². The molecule has 2 aromatic rings. The normalized spacial score (nSPS) is 13.4. The number of benzene rings is 1. The molecule has 9 heteroatoms. The van der Waals surface area contributed by atoms with Crippen molar-refractivity contribution in [2.75, 3.05) is 12.4 Å². The molecule has 35 heavy (non-hydrogen) atoms. The Kier molecular flexibility index (Phi) is 11.4. The number of halogens is 3. The van der Waals surface area contributed by atoms with Crippen LogP contribution in [0.25, 0.3) is 5.57 Å². The molecular weight excluding hydrogens is 495 g/mol. The molecule has 0 aliphatic rings. The lowest BCUT2D eigenvalue weighted by atomic mass is 10.1. The van der Waals surface area contributed by atoms with Crippen molar-refractivity contribution in [3.63, 3.8) is 0 Å². The van der Waals surface area contributed by atoms with E-state index >= 15 is 0 Å². The molecule has 0 fully saturated rings. The van der Waals surface area contributed by atoms with E-state index in [0.29, 0.717) is 12.2 Å². The summed E-state index contributed by atoms with van der Waals surface area (Å²) in [6.07, 6.45) is 1.98. The Balaban J connectivity index is 2.16. The number of ether oxygens (including phenoxy) is 1. The fourth-order valence-electron chi connectivity index (χ4n) is 3.36. The van der Waals surface area contributed by atoms with Gasteiger partial charge in [0.05, 0.1) is 12.1 Å². The van der Waals surface area contributed by atoms with Gasteiger partial charge < -0.3 is 9.84 Å². The number of carboxylic acid groups (broad SMARTS) is 1. The number of carboxylic acids is 1. The van der Waals surface area contributed by atoms with Gasteiger partial charge in [0.1, 0.15) is 10.8 Å². The predicted molar refractivity (Wildman–Crippen MR) is 138 cm³/mol. The Hall–Kier alpha value is -2.26. The Bertz CT molecular complexity index is 1040. The van der Waals surface area contributed by atoms with Gasteiger partial charge in [-0.1, -0.05) is 45.4 Å². The van der Waals surface area contributed by atoms with Gasteiger partial charge in [0.25, 0.3) is 0 Å². The lowest BCUT2D eigenvalue weighted by Gasteiger charge is -2.12. The summed E-state index contributed by atoms with van der Waals surface area (Å²) >= 11 is 3.25. The summed E-state index contributed by atoms with van der Waals surface area (Å²) in [5.74, 6) is 0.463. The lowest BCUT2D eigenvalue weighted by molar-refractivity contribution is -0.139. The molecule has 1 aromatic heterocycles. The number of carbonyl (C=O) groups is 1. The van der Waals surface area contributed by atoms with Crippen LogP contribution in [-0.2, 0) is 11.2 Å². The summed E-state index contributed by atoms with van der Waals surface area (Å²) in [6.45, 7) is 7.68. The van der Waals surface area contributed by atoms with E-state index in [1.807, 2.05) is 32.1 Å². The minimum absolute atomic E-state index is 0.150. The van der Waals surface area contributed by atoms with Gasteiger partial charge in [0, 0.05) is 27.0 Å². The summed E-state index contributed by atoms with van der Waals surface area (Å²) < 4.78 is 43.1. The van der Waals surface area contributed by atoms with E-state index in [-0.39, 0.29) is 12.5 Å². The van der Waals surface area contributed by atoms with Gasteiger partial charge >= 0.3 is 12.1 Å². The number of alkyl halides is 3. The Morgan fingerprint density at radius 1 is 1.31 bits per heavy atom. The molecule has 1 N–H and O–H groups in total. The fraction of sp³-hybridized carbons (Fsp3) is 0.462. The number of thiazole rings is 1. The first-order valence-corrected chi connectivity index (χ1v) is 13.4. The van der Waals surface area contributed by atoms with E-state index in [9.17, 15) is 18.0 Å². The zero-order chi connectivity index (χ0) is 26.0. The van der Waals surface area contributed by atoms with E-state index < -0.39 is 18.6 Å². The highest BCUT2D eigenvalue weighted by molar-refractivity contribution is 7.99. The fourth-order valence-corrected chi connectivity index (χ4v) is 5.69. The second kappa shape index (κ2) is 13.7. The number of aryl methyl sites for hydroxylation is 2. The number of aliphatic carboxylic acids is 1. The summed E-state index contributed by atoms with van der Waals surface area (Å²) in [5.41, 5.74) is 2.60. The summed E-state index contributed by atoms with van der Waals surface area (Å²) in [7, 11) is 0. The van der Waals surface area contributed by atoms with Gasteiger partial charge in [0.2, 0.25) is 0 Å². The van der Waals surface area contributed by atoms with E-state index in [1.54, 1.807) is 29.2 Å². The van der Waals surface area contributed by atoms with Crippen LogP contribution in [-0.4, -0.2) is 34.6 Å². The van der Waals surface area contributed by atoms with Gasteiger partial charge in [-0.2, -0.15) is 13.2 Å². The van der Waals surface area contributed by atoms with Crippen LogP contribution in [0.1, 0.15) is 67.1 Å². The molecule has 0 spiro atoms. The van der Waals surface area contributed by atoms with Crippen LogP contribution in [0.3, 0.4) is 0 Å². The third-order valence-corrected chi connectivity index (χ3v) is 7.42. The number of rotatable bonds is 13. The predicted octanol–water partition coefficient (Wildman–Crippen LogP) is 8.07. The van der Waals surface area contributed by atoms with Crippen molar-refractivity contribution in [1.29, 1.82) is 0 Å². The number of hydrogen-bond donors (Lipinski definition) is 1. The van der Waals surface area contributed by atoms with E-state index in [1.165, 1.54) is 11.0 Å². The lowest BCUT2D eigenvalue weighted by Crippen LogP contribution is -2.10. The number of aromatic nitrogens is 1. The molecule has 4 nitrogen and oxygen atoms in total. The number of nitrogens with zero attached hydrogens (tertiary/aromatic N) is 1. The first-order valence-electron chi connectivity index (χ1n) is 11.6. The standard InChI is InChI=1S/C26H32F3NO3S2/c1-5-8-19(10-7-13-26(27,28)29)25-30-24(22(35-25)9-6-2)18(4)16-34-20-11-12-21(17(3)14-20)33-15-23(31)32/h7-8,10-12,14,18H,5-6,9,13,15-16H2,1-4H3,(H,31,32)/b10-7-,19-8+. The molecule has 0 radical (unpaired) electrons. The van der Waals surface area contributed by atoms with Crippen LogP contribution >= 0.6 is 23.1 Å². The average molecular weight is 528 g/mol. The van der Waals surface area contributed by atoms with Crippen LogP contribution in [0.5, 0.6) is 5.75 Å². The summed E-state index contributed by atoms with van der Waals surface area (Å²) in [6, 6.07) is 5.67. The Morgan fingerprint density at radius 3 is 2.66 bits per heavy atom. The minimum Gasteiger partial charge on any atom is -0.482 e. The average Bonchev–Trinajstić information content (AvgIpc) is 3.19. The number of hydrogen-bond acceptors (Lipinski definition) is 5. The number of allylic oxidation sites excluding steroid dienone is 4. The molecule has 1 aromatic carbocycles. The molecule has 192 valence electrons. The topological polar surface area (TPSA) is 59.4 Å². The van der Waals surface area contributed by atoms with Crippen molar-refractivity contribution in [2.24, 2.45) is 0 Å². The molecule has 0 saturated carbocycles. The molecule has 1 atom stereocenters. The zero-order valence-corrected chi connectivity index (χ0v) is 22.1. The maximum absolute atomic E-state index is 12.6. The van der Waals surface area contributed by atoms with Crippen molar-refractivity contribution in [3.05, 3.63) is 57.6 Å². The van der Waals surface area contributed by atoms with Gasteiger partial charge in [-0.05, 0) is 43.5 Å². The maximum atomic E-state index is 12.6. The molecule has 0 bridgehead atoms. The Morgan fingerprint density at radius 2 is 2.06 bits per heavy atom. The molecule has 2 rings (SSSR count). The van der Waals surface area contributed by atoms with Crippen molar-refractivity contribution < 1.29 is 27.8 Å². The quantitative estimate of drug-likeness (QED) is 0.211. The molecule has 1 heterocycles. The minimum atomic E-state index is -4.22. The highest BCUT2D eigenvalue weighted by Gasteiger charge is 2.25. The molecule has 0 aliphatic carbocycles. The monoisotopic (exact) mass is 527 g/mol. The molecule has 0 saturated heterocycles. The first kappa shape index (κ1) is 29.0. The van der Waals surface area contributed by atoms with Crippen LogP contribution < -0.4 is 4.74 Å². The van der Waals surface area contributed by atoms with Crippen molar-refractivity contribution in [3.8, 4) is 5.75 Å². The van der Waals surface area contributed by atoms with Crippen molar-refractivity contribution in [1.82, 2.24) is 4.98 Å². The molecular formula is C26H32F3NO3S2. The van der Waals surface area contributed by atoms with Gasteiger partial charge in [-0.3, -0.25) is 0 Å². The summed E-state index contributed by atoms with van der Waals surface area (Å²) in [4.78, 5) is 17.8. The second-order valence-corrected chi connectivity index (χ2v) is 10.4. The van der Waals surface area contributed by atoms with E-state index in [0.717, 1.165) is 51.4 Å². The van der Waals surface area contributed by atoms with Crippen molar-refractivity contribution in [2.45, 2.75) is 70.4 Å². The van der Waals surface area contributed by atoms with Gasteiger partial charge in [-0.15, -0.1) is 23.1 Å². The largest absolute Gasteiger partial charge is 0.482 e. The van der Waals surface area contributed by atoms with Crippen LogP contribution in [0.15, 0.2) is 41.3 Å². The third kappa shape index (κ3) is 9.72. The van der Waals surface area contributed by atoms with Crippen molar-refractivity contribution >= 4 is 34.6 Å². The smallest absolute Gasteiger partial charge is 0.392 e. The summed E-state index contributed by atoms with van der Waals surface area (Å²) in [5, 5.41) is 9.55. The Labute approximate surface area is 213 Å². The second-order valence-electron chi connectivity index (χ2n) is 8.19.